The molecule has 1 aromatic carbocycles. The van der Waals surface area contributed by atoms with E-state index < -0.39 is 11.9 Å². The SMILES string of the molecule is CCOC(=O)/C=C/C(=O)NC(=S)Nc1cccc(C(=O)NCCCOC)c1. The Morgan fingerprint density at radius 3 is 2.70 bits per heavy atom. The lowest BCUT2D eigenvalue weighted by molar-refractivity contribution is -0.137. The Balaban J connectivity index is 2.53. The number of esters is 1. The van der Waals surface area contributed by atoms with Crippen molar-refractivity contribution in [3.8, 4) is 0 Å². The zero-order valence-electron chi connectivity index (χ0n) is 15.2. The highest BCUT2D eigenvalue weighted by Crippen LogP contribution is 2.10. The fourth-order valence-corrected chi connectivity index (χ4v) is 2.13. The van der Waals surface area contributed by atoms with Gasteiger partial charge in [-0.05, 0) is 43.8 Å². The van der Waals surface area contributed by atoms with Gasteiger partial charge >= 0.3 is 5.97 Å². The van der Waals surface area contributed by atoms with Crippen LogP contribution >= 0.6 is 12.2 Å². The van der Waals surface area contributed by atoms with E-state index in [1.54, 1.807) is 38.3 Å². The standard InChI is InChI=1S/C18H23N3O5S/c1-3-26-16(23)9-8-15(22)21-18(27)20-14-7-4-6-13(12-14)17(24)19-10-5-11-25-2/h4,6-9,12H,3,5,10-11H2,1-2H3,(H,19,24)(H2,20,21,22,27)/b9-8+. The number of anilines is 1. The lowest BCUT2D eigenvalue weighted by atomic mass is 10.2. The Morgan fingerprint density at radius 1 is 1.22 bits per heavy atom. The van der Waals surface area contributed by atoms with Crippen LogP contribution < -0.4 is 16.0 Å². The summed E-state index contributed by atoms with van der Waals surface area (Å²) in [5, 5.41) is 8.02. The number of hydrogen-bond acceptors (Lipinski definition) is 6. The maximum atomic E-state index is 12.1. The monoisotopic (exact) mass is 393 g/mol. The molecule has 0 atom stereocenters. The second-order valence-corrected chi connectivity index (χ2v) is 5.62. The summed E-state index contributed by atoms with van der Waals surface area (Å²) in [6, 6.07) is 6.67. The quantitative estimate of drug-likeness (QED) is 0.252. The lowest BCUT2D eigenvalue weighted by Crippen LogP contribution is -2.33. The van der Waals surface area contributed by atoms with Crippen molar-refractivity contribution in [3.63, 3.8) is 0 Å². The molecule has 0 aromatic heterocycles. The third-order valence-electron chi connectivity index (χ3n) is 3.09. The molecule has 0 saturated heterocycles. The van der Waals surface area contributed by atoms with E-state index in [4.69, 9.17) is 17.0 Å². The van der Waals surface area contributed by atoms with Crippen LogP contribution in [0.15, 0.2) is 36.4 Å². The van der Waals surface area contributed by atoms with Crippen LogP contribution in [0.3, 0.4) is 0 Å². The summed E-state index contributed by atoms with van der Waals surface area (Å²) in [5.41, 5.74) is 0.993. The molecule has 9 heteroatoms. The van der Waals surface area contributed by atoms with Gasteiger partial charge in [0.25, 0.3) is 5.91 Å². The summed E-state index contributed by atoms with van der Waals surface area (Å²) in [6.07, 6.45) is 2.75. The van der Waals surface area contributed by atoms with Crippen molar-refractivity contribution >= 4 is 40.8 Å². The van der Waals surface area contributed by atoms with E-state index in [-0.39, 0.29) is 17.6 Å². The van der Waals surface area contributed by atoms with Crippen LogP contribution in [0.2, 0.25) is 0 Å². The molecule has 0 fully saturated rings. The number of nitrogens with one attached hydrogen (secondary N) is 3. The number of carbonyl (C=O) groups is 3. The summed E-state index contributed by atoms with van der Waals surface area (Å²) < 4.78 is 9.60. The maximum absolute atomic E-state index is 12.1. The van der Waals surface area contributed by atoms with Gasteiger partial charge in [0.15, 0.2) is 5.11 Å². The average Bonchev–Trinajstić information content (AvgIpc) is 2.63. The molecule has 2 amide bonds. The first-order chi connectivity index (χ1) is 13.0. The predicted molar refractivity (Wildman–Crippen MR) is 105 cm³/mol. The molecular weight excluding hydrogens is 370 g/mol. The van der Waals surface area contributed by atoms with Crippen LogP contribution in [0.5, 0.6) is 0 Å². The third-order valence-corrected chi connectivity index (χ3v) is 3.29. The summed E-state index contributed by atoms with van der Waals surface area (Å²) in [7, 11) is 1.60. The smallest absolute Gasteiger partial charge is 0.330 e. The van der Waals surface area contributed by atoms with Crippen molar-refractivity contribution in [3.05, 3.63) is 42.0 Å². The van der Waals surface area contributed by atoms with Gasteiger partial charge in [-0.2, -0.15) is 0 Å². The van der Waals surface area contributed by atoms with Crippen LogP contribution in [0.25, 0.3) is 0 Å². The number of thiocarbonyl (C=S) groups is 1. The number of methoxy groups -OCH3 is 1. The molecular formula is C18H23N3O5S. The van der Waals surface area contributed by atoms with Crippen molar-refractivity contribution in [2.24, 2.45) is 0 Å². The molecule has 0 aliphatic carbocycles. The molecule has 0 radical (unpaired) electrons. The van der Waals surface area contributed by atoms with Crippen LogP contribution in [-0.4, -0.2) is 49.8 Å². The van der Waals surface area contributed by atoms with Gasteiger partial charge in [0.05, 0.1) is 6.61 Å². The first kappa shape index (κ1) is 22.3. The average molecular weight is 393 g/mol. The van der Waals surface area contributed by atoms with Crippen molar-refractivity contribution in [1.82, 2.24) is 10.6 Å². The van der Waals surface area contributed by atoms with E-state index in [9.17, 15) is 14.4 Å². The lowest BCUT2D eigenvalue weighted by Gasteiger charge is -2.10. The zero-order valence-corrected chi connectivity index (χ0v) is 16.1. The molecule has 8 nitrogen and oxygen atoms in total. The topological polar surface area (TPSA) is 106 Å². The normalized spacial score (nSPS) is 10.3. The first-order valence-corrected chi connectivity index (χ1v) is 8.71. The molecule has 0 bridgehead atoms. The first-order valence-electron chi connectivity index (χ1n) is 8.30. The number of ether oxygens (including phenoxy) is 2. The van der Waals surface area contributed by atoms with Crippen molar-refractivity contribution in [2.75, 3.05) is 32.2 Å². The van der Waals surface area contributed by atoms with Gasteiger partial charge in [0, 0.05) is 43.7 Å². The van der Waals surface area contributed by atoms with Crippen molar-refractivity contribution < 1.29 is 23.9 Å². The van der Waals surface area contributed by atoms with E-state index >= 15 is 0 Å². The van der Waals surface area contributed by atoms with Gasteiger partial charge in [-0.1, -0.05) is 6.07 Å². The molecule has 0 aliphatic heterocycles. The summed E-state index contributed by atoms with van der Waals surface area (Å²) in [5.74, 6) is -1.41. The number of amides is 2. The minimum Gasteiger partial charge on any atom is -0.463 e. The van der Waals surface area contributed by atoms with Gasteiger partial charge in [-0.15, -0.1) is 0 Å². The van der Waals surface area contributed by atoms with E-state index in [1.165, 1.54) is 0 Å². The van der Waals surface area contributed by atoms with Crippen molar-refractivity contribution in [1.29, 1.82) is 0 Å². The number of hydrogen-bond donors (Lipinski definition) is 3. The highest BCUT2D eigenvalue weighted by molar-refractivity contribution is 7.80. The van der Waals surface area contributed by atoms with Gasteiger partial charge in [0.2, 0.25) is 5.91 Å². The van der Waals surface area contributed by atoms with E-state index in [2.05, 4.69) is 20.7 Å². The van der Waals surface area contributed by atoms with Gasteiger partial charge in [-0.25, -0.2) is 4.79 Å². The fourth-order valence-electron chi connectivity index (χ4n) is 1.91. The fraction of sp³-hybridized carbons (Fsp3) is 0.333. The molecule has 0 unspecified atom stereocenters. The molecule has 27 heavy (non-hydrogen) atoms. The Hall–Kier alpha value is -2.78. The number of carbonyl (C=O) groups excluding carboxylic acids is 3. The summed E-state index contributed by atoms with van der Waals surface area (Å²) in [4.78, 5) is 34.9. The molecule has 0 heterocycles. The van der Waals surface area contributed by atoms with Crippen LogP contribution in [-0.2, 0) is 19.1 Å². The van der Waals surface area contributed by atoms with Gasteiger partial charge in [-0.3, -0.25) is 14.9 Å². The maximum Gasteiger partial charge on any atom is 0.330 e. The van der Waals surface area contributed by atoms with Gasteiger partial charge in [0.1, 0.15) is 0 Å². The minimum atomic E-state index is -0.615. The van der Waals surface area contributed by atoms with Gasteiger partial charge < -0.3 is 20.1 Å². The Labute approximate surface area is 163 Å². The second kappa shape index (κ2) is 12.6. The molecule has 0 saturated carbocycles. The largest absolute Gasteiger partial charge is 0.463 e. The Kier molecular flexibility index (Phi) is 10.4. The minimum absolute atomic E-state index is 0.0335. The van der Waals surface area contributed by atoms with E-state index in [0.29, 0.717) is 24.4 Å². The molecule has 1 rings (SSSR count). The Morgan fingerprint density at radius 2 is 2.00 bits per heavy atom. The van der Waals surface area contributed by atoms with E-state index in [0.717, 1.165) is 18.6 Å². The number of benzene rings is 1. The molecule has 0 spiro atoms. The molecule has 3 N–H and O–H groups in total. The van der Waals surface area contributed by atoms with Crippen LogP contribution in [0.4, 0.5) is 5.69 Å². The van der Waals surface area contributed by atoms with Crippen molar-refractivity contribution in [2.45, 2.75) is 13.3 Å². The molecule has 146 valence electrons. The van der Waals surface area contributed by atoms with E-state index in [1.807, 2.05) is 0 Å². The highest BCUT2D eigenvalue weighted by atomic mass is 32.1. The highest BCUT2D eigenvalue weighted by Gasteiger charge is 2.07. The third kappa shape index (κ3) is 9.47. The predicted octanol–water partition coefficient (Wildman–Crippen LogP) is 1.39. The second-order valence-electron chi connectivity index (χ2n) is 5.21. The summed E-state index contributed by atoms with van der Waals surface area (Å²) in [6.45, 7) is 2.96. The number of rotatable bonds is 9. The molecule has 1 aromatic rings. The molecule has 0 aliphatic rings. The summed E-state index contributed by atoms with van der Waals surface area (Å²) >= 11 is 5.04. The zero-order chi connectivity index (χ0) is 20.1. The van der Waals surface area contributed by atoms with Crippen LogP contribution in [0.1, 0.15) is 23.7 Å². The Bertz CT molecular complexity index is 706. The van der Waals surface area contributed by atoms with Crippen LogP contribution in [0, 0.1) is 0 Å².